The molecule has 1 aliphatic rings. The van der Waals surface area contributed by atoms with E-state index in [2.05, 4.69) is 9.82 Å². The number of sulfonamides is 1. The van der Waals surface area contributed by atoms with E-state index in [1.807, 2.05) is 6.07 Å². The van der Waals surface area contributed by atoms with Gasteiger partial charge in [0.25, 0.3) is 0 Å². The van der Waals surface area contributed by atoms with Crippen molar-refractivity contribution in [2.24, 2.45) is 7.05 Å². The highest BCUT2D eigenvalue weighted by molar-refractivity contribution is 7.89. The molecule has 1 aromatic carbocycles. The highest BCUT2D eigenvalue weighted by atomic mass is 32.2. The molecule has 130 valence electrons. The van der Waals surface area contributed by atoms with Crippen LogP contribution in [0.3, 0.4) is 0 Å². The third-order valence-electron chi connectivity index (χ3n) is 4.43. The number of aliphatic hydroxyl groups is 1. The van der Waals surface area contributed by atoms with Gasteiger partial charge in [-0.2, -0.15) is 5.10 Å². The van der Waals surface area contributed by atoms with Crippen LogP contribution in [0.25, 0.3) is 0 Å². The predicted molar refractivity (Wildman–Crippen MR) is 88.3 cm³/mol. The van der Waals surface area contributed by atoms with Gasteiger partial charge in [0.1, 0.15) is 16.2 Å². The lowest BCUT2D eigenvalue weighted by molar-refractivity contribution is 0.00219. The summed E-state index contributed by atoms with van der Waals surface area (Å²) in [5.74, 6) is 0.583. The Hall–Kier alpha value is -1.90. The first kappa shape index (κ1) is 16.9. The van der Waals surface area contributed by atoms with Gasteiger partial charge in [0.05, 0.1) is 18.0 Å². The lowest BCUT2D eigenvalue weighted by Gasteiger charge is -2.34. The fraction of sp³-hybridized carbons (Fsp3) is 0.438. The van der Waals surface area contributed by atoms with Crippen molar-refractivity contribution in [2.45, 2.75) is 30.8 Å². The van der Waals surface area contributed by atoms with Crippen molar-refractivity contribution in [1.29, 1.82) is 0 Å². The molecular weight excluding hydrogens is 330 g/mol. The average molecular weight is 351 g/mol. The number of hydrogen-bond donors (Lipinski definition) is 2. The summed E-state index contributed by atoms with van der Waals surface area (Å²) in [4.78, 5) is 0.161. The van der Waals surface area contributed by atoms with Crippen molar-refractivity contribution in [2.75, 3.05) is 13.2 Å². The summed E-state index contributed by atoms with van der Waals surface area (Å²) < 4.78 is 34.9. The van der Waals surface area contributed by atoms with Gasteiger partial charge in [0.15, 0.2) is 0 Å². The van der Waals surface area contributed by atoms with Crippen LogP contribution in [0, 0.1) is 13.8 Å². The molecule has 0 aliphatic carbocycles. The molecule has 2 aromatic rings. The molecule has 8 heteroatoms. The first-order valence-electron chi connectivity index (χ1n) is 7.69. The van der Waals surface area contributed by atoms with E-state index in [1.165, 1.54) is 4.68 Å². The summed E-state index contributed by atoms with van der Waals surface area (Å²) in [6.07, 6.45) is 0.317. The molecule has 0 spiro atoms. The maximum atomic E-state index is 12.7. The van der Waals surface area contributed by atoms with E-state index in [0.29, 0.717) is 35.7 Å². The molecule has 2 heterocycles. The number of aromatic nitrogens is 2. The quantitative estimate of drug-likeness (QED) is 0.857. The van der Waals surface area contributed by atoms with E-state index < -0.39 is 15.6 Å². The first-order chi connectivity index (χ1) is 11.2. The zero-order valence-electron chi connectivity index (χ0n) is 13.9. The van der Waals surface area contributed by atoms with Crippen molar-refractivity contribution in [3.8, 4) is 5.75 Å². The Morgan fingerprint density at radius 2 is 2.08 bits per heavy atom. The Labute approximate surface area is 141 Å². The van der Waals surface area contributed by atoms with Crippen molar-refractivity contribution in [3.63, 3.8) is 0 Å². The van der Waals surface area contributed by atoms with Gasteiger partial charge in [0.2, 0.25) is 10.0 Å². The number of ether oxygens (including phenoxy) is 1. The molecule has 0 amide bonds. The Bertz CT molecular complexity index is 875. The number of para-hydroxylation sites is 1. The fourth-order valence-corrected chi connectivity index (χ4v) is 4.58. The van der Waals surface area contributed by atoms with Crippen LogP contribution in [-0.2, 0) is 22.7 Å². The second-order valence-electron chi connectivity index (χ2n) is 6.07. The molecule has 0 bridgehead atoms. The third kappa shape index (κ3) is 2.81. The number of fused-ring (bicyclic) bond motifs is 1. The maximum absolute atomic E-state index is 12.7. The van der Waals surface area contributed by atoms with Crippen LogP contribution in [0.15, 0.2) is 29.2 Å². The Kier molecular flexibility index (Phi) is 4.15. The largest absolute Gasteiger partial charge is 0.493 e. The van der Waals surface area contributed by atoms with Crippen molar-refractivity contribution in [1.82, 2.24) is 14.5 Å². The van der Waals surface area contributed by atoms with Crippen LogP contribution < -0.4 is 9.46 Å². The minimum absolute atomic E-state index is 0.122. The summed E-state index contributed by atoms with van der Waals surface area (Å²) in [6, 6.07) is 7.13. The lowest BCUT2D eigenvalue weighted by Crippen LogP contribution is -2.44. The molecule has 7 nitrogen and oxygen atoms in total. The molecule has 0 radical (unpaired) electrons. The van der Waals surface area contributed by atoms with E-state index in [0.717, 1.165) is 0 Å². The number of nitrogens with one attached hydrogen (secondary N) is 1. The van der Waals surface area contributed by atoms with Crippen LogP contribution in [0.4, 0.5) is 0 Å². The first-order valence-corrected chi connectivity index (χ1v) is 9.17. The molecule has 0 saturated heterocycles. The van der Waals surface area contributed by atoms with Gasteiger partial charge in [-0.05, 0) is 19.9 Å². The summed E-state index contributed by atoms with van der Waals surface area (Å²) in [7, 11) is -2.08. The SMILES string of the molecule is Cc1nn(C)c(C)c1S(=O)(=O)NC[C@@]1(O)CCOc2ccccc21. The topological polar surface area (TPSA) is 93.5 Å². The van der Waals surface area contributed by atoms with Crippen LogP contribution in [0.1, 0.15) is 23.4 Å². The average Bonchev–Trinajstić information content (AvgIpc) is 2.79. The van der Waals surface area contributed by atoms with Gasteiger partial charge in [-0.1, -0.05) is 18.2 Å². The molecule has 1 aromatic heterocycles. The minimum Gasteiger partial charge on any atom is -0.493 e. The fourth-order valence-electron chi connectivity index (χ4n) is 3.05. The molecule has 3 rings (SSSR count). The lowest BCUT2D eigenvalue weighted by atomic mass is 9.88. The van der Waals surface area contributed by atoms with E-state index in [9.17, 15) is 13.5 Å². The second-order valence-corrected chi connectivity index (χ2v) is 7.78. The molecule has 0 saturated carbocycles. The Morgan fingerprint density at radius 1 is 1.38 bits per heavy atom. The third-order valence-corrected chi connectivity index (χ3v) is 6.08. The van der Waals surface area contributed by atoms with Crippen molar-refractivity contribution < 1.29 is 18.3 Å². The number of hydrogen-bond acceptors (Lipinski definition) is 5. The highest BCUT2D eigenvalue weighted by Crippen LogP contribution is 2.36. The van der Waals surface area contributed by atoms with Gasteiger partial charge in [0, 0.05) is 25.6 Å². The number of rotatable bonds is 4. The standard InChI is InChI=1S/C16H21N3O4S/c1-11-15(12(2)19(3)18-11)24(21,22)17-10-16(20)8-9-23-14-7-5-4-6-13(14)16/h4-7,17,20H,8-10H2,1-3H3/t16-/m0/s1. The van der Waals surface area contributed by atoms with E-state index in [1.54, 1.807) is 39.1 Å². The van der Waals surface area contributed by atoms with Crippen molar-refractivity contribution in [3.05, 3.63) is 41.2 Å². The highest BCUT2D eigenvalue weighted by Gasteiger charge is 2.37. The van der Waals surface area contributed by atoms with E-state index >= 15 is 0 Å². The van der Waals surface area contributed by atoms with Crippen LogP contribution >= 0.6 is 0 Å². The summed E-state index contributed by atoms with van der Waals surface area (Å²) in [5.41, 5.74) is 0.283. The van der Waals surface area contributed by atoms with Gasteiger partial charge in [-0.15, -0.1) is 0 Å². The molecule has 24 heavy (non-hydrogen) atoms. The van der Waals surface area contributed by atoms with E-state index in [4.69, 9.17) is 4.74 Å². The van der Waals surface area contributed by atoms with Gasteiger partial charge in [-0.25, -0.2) is 13.1 Å². The molecular formula is C16H21N3O4S. The number of nitrogens with zero attached hydrogens (tertiary/aromatic N) is 2. The summed E-state index contributed by atoms with van der Waals surface area (Å²) in [6.45, 7) is 3.57. The monoisotopic (exact) mass is 351 g/mol. The van der Waals surface area contributed by atoms with Crippen LogP contribution in [0.5, 0.6) is 5.75 Å². The Morgan fingerprint density at radius 3 is 2.75 bits per heavy atom. The van der Waals surface area contributed by atoms with E-state index in [-0.39, 0.29) is 11.4 Å². The normalized spacial score (nSPS) is 20.5. The van der Waals surface area contributed by atoms with Crippen molar-refractivity contribution >= 4 is 10.0 Å². The minimum atomic E-state index is -3.77. The summed E-state index contributed by atoms with van der Waals surface area (Å²) >= 11 is 0. The second kappa shape index (κ2) is 5.87. The Balaban J connectivity index is 1.88. The van der Waals surface area contributed by atoms with Crippen LogP contribution in [-0.4, -0.2) is 36.5 Å². The zero-order valence-corrected chi connectivity index (χ0v) is 14.7. The molecule has 1 aliphatic heterocycles. The number of benzene rings is 1. The maximum Gasteiger partial charge on any atom is 0.244 e. The summed E-state index contributed by atoms with van der Waals surface area (Å²) in [5, 5.41) is 15.1. The molecule has 0 fully saturated rings. The smallest absolute Gasteiger partial charge is 0.244 e. The molecule has 1 atom stereocenters. The number of aryl methyl sites for hydroxylation is 2. The van der Waals surface area contributed by atoms with Gasteiger partial charge < -0.3 is 9.84 Å². The molecule has 0 unspecified atom stereocenters. The molecule has 2 N–H and O–H groups in total. The van der Waals surface area contributed by atoms with Gasteiger partial charge >= 0.3 is 0 Å². The van der Waals surface area contributed by atoms with Gasteiger partial charge in [-0.3, -0.25) is 4.68 Å². The predicted octanol–water partition coefficient (Wildman–Crippen LogP) is 0.986. The zero-order chi connectivity index (χ0) is 17.5. The van der Waals surface area contributed by atoms with Crippen LogP contribution in [0.2, 0.25) is 0 Å².